The summed E-state index contributed by atoms with van der Waals surface area (Å²) >= 11 is 3.57. The van der Waals surface area contributed by atoms with Gasteiger partial charge in [-0.15, -0.1) is 0 Å². The summed E-state index contributed by atoms with van der Waals surface area (Å²) in [6.45, 7) is 0. The second-order valence-corrected chi connectivity index (χ2v) is 10.5. The molecule has 0 radical (unpaired) electrons. The van der Waals surface area contributed by atoms with Crippen molar-refractivity contribution < 1.29 is 4.42 Å². The molecule has 0 atom stereocenters. The zero-order valence-corrected chi connectivity index (χ0v) is 22.7. The van der Waals surface area contributed by atoms with Crippen molar-refractivity contribution >= 4 is 54.9 Å². The molecular formula is C36H24BrNO. The van der Waals surface area contributed by atoms with Gasteiger partial charge in [0.05, 0.1) is 0 Å². The second-order valence-electron chi connectivity index (χ2n) is 9.59. The number of nitrogens with zero attached hydrogens (tertiary/aromatic N) is 1. The molecule has 0 bridgehead atoms. The van der Waals surface area contributed by atoms with Crippen LogP contribution in [0.15, 0.2) is 154 Å². The Balaban J connectivity index is 1.41. The molecule has 0 amide bonds. The number of anilines is 3. The minimum absolute atomic E-state index is 0.865. The molecule has 3 heteroatoms. The van der Waals surface area contributed by atoms with Gasteiger partial charge in [0.15, 0.2) is 0 Å². The fourth-order valence-corrected chi connectivity index (χ4v) is 5.58. The molecule has 186 valence electrons. The van der Waals surface area contributed by atoms with E-state index in [1.54, 1.807) is 0 Å². The van der Waals surface area contributed by atoms with Gasteiger partial charge in [0.25, 0.3) is 0 Å². The van der Waals surface area contributed by atoms with E-state index in [0.717, 1.165) is 43.5 Å². The van der Waals surface area contributed by atoms with Crippen LogP contribution < -0.4 is 4.90 Å². The van der Waals surface area contributed by atoms with E-state index in [0.29, 0.717) is 0 Å². The van der Waals surface area contributed by atoms with E-state index in [4.69, 9.17) is 4.42 Å². The molecule has 0 fully saturated rings. The molecule has 0 aliphatic carbocycles. The first kappa shape index (κ1) is 23.5. The van der Waals surface area contributed by atoms with E-state index in [2.05, 4.69) is 160 Å². The van der Waals surface area contributed by atoms with Gasteiger partial charge in [0.2, 0.25) is 0 Å². The lowest BCUT2D eigenvalue weighted by Crippen LogP contribution is -2.10. The molecule has 0 aliphatic rings. The Labute approximate surface area is 235 Å². The Morgan fingerprint density at radius 2 is 0.897 bits per heavy atom. The van der Waals surface area contributed by atoms with E-state index >= 15 is 0 Å². The molecule has 2 nitrogen and oxygen atoms in total. The Hall–Kier alpha value is -4.60. The van der Waals surface area contributed by atoms with Crippen molar-refractivity contribution in [2.45, 2.75) is 0 Å². The lowest BCUT2D eigenvalue weighted by Gasteiger charge is -2.26. The van der Waals surface area contributed by atoms with E-state index in [1.165, 1.54) is 22.3 Å². The van der Waals surface area contributed by atoms with Crippen LogP contribution in [0, 0.1) is 0 Å². The zero-order chi connectivity index (χ0) is 26.2. The van der Waals surface area contributed by atoms with Crippen LogP contribution in [0.2, 0.25) is 0 Å². The maximum Gasteiger partial charge on any atom is 0.137 e. The quantitative estimate of drug-likeness (QED) is 0.206. The van der Waals surface area contributed by atoms with Gasteiger partial charge >= 0.3 is 0 Å². The van der Waals surface area contributed by atoms with Crippen molar-refractivity contribution in [3.05, 3.63) is 150 Å². The SMILES string of the molecule is Brc1ccc2c(c1)oc1cc(N(c3cccc(-c4ccccc4)c3)c3cccc(-c4ccccc4)c3)ccc12. The lowest BCUT2D eigenvalue weighted by molar-refractivity contribution is 0.668. The maximum absolute atomic E-state index is 6.33. The topological polar surface area (TPSA) is 16.4 Å². The van der Waals surface area contributed by atoms with E-state index in [-0.39, 0.29) is 0 Å². The van der Waals surface area contributed by atoms with Gasteiger partial charge in [-0.05, 0) is 76.9 Å². The highest BCUT2D eigenvalue weighted by Crippen LogP contribution is 2.41. The number of hydrogen-bond donors (Lipinski definition) is 0. The van der Waals surface area contributed by atoms with Gasteiger partial charge in [-0.3, -0.25) is 0 Å². The summed E-state index contributed by atoms with van der Waals surface area (Å²) in [4.78, 5) is 2.31. The van der Waals surface area contributed by atoms with Crippen LogP contribution in [0.1, 0.15) is 0 Å². The summed E-state index contributed by atoms with van der Waals surface area (Å²) in [7, 11) is 0. The number of hydrogen-bond acceptors (Lipinski definition) is 2. The average Bonchev–Trinajstić information content (AvgIpc) is 3.35. The van der Waals surface area contributed by atoms with E-state index in [9.17, 15) is 0 Å². The fourth-order valence-electron chi connectivity index (χ4n) is 5.24. The highest BCUT2D eigenvalue weighted by atomic mass is 79.9. The first-order chi connectivity index (χ1) is 19.2. The fraction of sp³-hybridized carbons (Fsp3) is 0. The molecule has 1 aromatic heterocycles. The molecule has 0 spiro atoms. The molecule has 7 aromatic rings. The summed E-state index contributed by atoms with van der Waals surface area (Å²) in [6.07, 6.45) is 0. The normalized spacial score (nSPS) is 11.2. The third-order valence-electron chi connectivity index (χ3n) is 7.10. The predicted molar refractivity (Wildman–Crippen MR) is 167 cm³/mol. The molecule has 6 aromatic carbocycles. The largest absolute Gasteiger partial charge is 0.456 e. The molecule has 0 unspecified atom stereocenters. The van der Waals surface area contributed by atoms with Crippen molar-refractivity contribution in [1.82, 2.24) is 0 Å². The molecule has 39 heavy (non-hydrogen) atoms. The van der Waals surface area contributed by atoms with Gasteiger partial charge in [-0.1, -0.05) is 101 Å². The van der Waals surface area contributed by atoms with Crippen molar-refractivity contribution in [2.75, 3.05) is 4.90 Å². The van der Waals surface area contributed by atoms with E-state index < -0.39 is 0 Å². The Morgan fingerprint density at radius 3 is 1.49 bits per heavy atom. The lowest BCUT2D eigenvalue weighted by atomic mass is 10.0. The number of furan rings is 1. The molecule has 0 saturated heterocycles. The van der Waals surface area contributed by atoms with Gasteiger partial charge in [0, 0.05) is 38.4 Å². The number of benzene rings is 6. The Morgan fingerprint density at radius 1 is 0.410 bits per heavy atom. The van der Waals surface area contributed by atoms with Crippen LogP contribution in [0.25, 0.3) is 44.2 Å². The summed E-state index contributed by atoms with van der Waals surface area (Å²) in [5, 5.41) is 2.22. The van der Waals surface area contributed by atoms with Crippen molar-refractivity contribution in [3.63, 3.8) is 0 Å². The molecule has 7 rings (SSSR count). The first-order valence-corrected chi connectivity index (χ1v) is 13.8. The monoisotopic (exact) mass is 565 g/mol. The number of halogens is 1. The van der Waals surface area contributed by atoms with Crippen molar-refractivity contribution in [2.24, 2.45) is 0 Å². The number of fused-ring (bicyclic) bond motifs is 3. The van der Waals surface area contributed by atoms with Crippen molar-refractivity contribution in [3.8, 4) is 22.3 Å². The Kier molecular flexibility index (Phi) is 5.99. The third-order valence-corrected chi connectivity index (χ3v) is 7.59. The first-order valence-electron chi connectivity index (χ1n) is 13.0. The minimum atomic E-state index is 0.865. The summed E-state index contributed by atoms with van der Waals surface area (Å²) < 4.78 is 7.33. The molecule has 1 heterocycles. The standard InChI is InChI=1S/C36H24BrNO/c37-29-17-19-33-34-20-18-32(24-36(34)39-35(33)23-29)38(30-15-7-13-27(21-30)25-9-3-1-4-10-25)31-16-8-14-28(22-31)26-11-5-2-6-12-26/h1-24H. The molecule has 0 saturated carbocycles. The van der Waals surface area contributed by atoms with Crippen LogP contribution >= 0.6 is 15.9 Å². The molecule has 0 aliphatic heterocycles. The maximum atomic E-state index is 6.33. The third kappa shape index (κ3) is 4.52. The van der Waals surface area contributed by atoms with Crippen LogP contribution in [-0.2, 0) is 0 Å². The van der Waals surface area contributed by atoms with Crippen LogP contribution in [0.3, 0.4) is 0 Å². The molecular weight excluding hydrogens is 542 g/mol. The highest BCUT2D eigenvalue weighted by Gasteiger charge is 2.17. The number of rotatable bonds is 5. The highest BCUT2D eigenvalue weighted by molar-refractivity contribution is 9.10. The van der Waals surface area contributed by atoms with Crippen LogP contribution in [0.4, 0.5) is 17.1 Å². The predicted octanol–water partition coefficient (Wildman–Crippen LogP) is 11.2. The smallest absolute Gasteiger partial charge is 0.137 e. The van der Waals surface area contributed by atoms with E-state index in [1.807, 2.05) is 6.07 Å². The van der Waals surface area contributed by atoms with Crippen molar-refractivity contribution in [1.29, 1.82) is 0 Å². The average molecular weight is 566 g/mol. The van der Waals surface area contributed by atoms with Gasteiger partial charge in [0.1, 0.15) is 11.2 Å². The van der Waals surface area contributed by atoms with Gasteiger partial charge in [-0.2, -0.15) is 0 Å². The summed E-state index contributed by atoms with van der Waals surface area (Å²) in [6, 6.07) is 51.1. The zero-order valence-electron chi connectivity index (χ0n) is 21.1. The second kappa shape index (κ2) is 9.94. The summed E-state index contributed by atoms with van der Waals surface area (Å²) in [5.74, 6) is 0. The van der Waals surface area contributed by atoms with Crippen LogP contribution in [-0.4, -0.2) is 0 Å². The molecule has 0 N–H and O–H groups in total. The van der Waals surface area contributed by atoms with Gasteiger partial charge in [-0.25, -0.2) is 0 Å². The van der Waals surface area contributed by atoms with Crippen LogP contribution in [0.5, 0.6) is 0 Å². The van der Waals surface area contributed by atoms with Gasteiger partial charge < -0.3 is 9.32 Å². The Bertz CT molecular complexity index is 1840. The minimum Gasteiger partial charge on any atom is -0.456 e. The summed E-state index contributed by atoms with van der Waals surface area (Å²) in [5.41, 5.74) is 9.67.